The molecule has 68 valence electrons. The Bertz CT molecular complexity index is 348. The Morgan fingerprint density at radius 1 is 1.31 bits per heavy atom. The molecule has 0 bridgehead atoms. The average molecular weight is 195 g/mol. The lowest BCUT2D eigenvalue weighted by Gasteiger charge is -2.03. The van der Waals surface area contributed by atoms with Crippen LogP contribution in [0.4, 0.5) is 0 Å². The molecule has 0 unspecified atom stereocenters. The smallest absolute Gasteiger partial charge is 0.104 e. The number of benzene rings is 1. The van der Waals surface area contributed by atoms with Crippen LogP contribution in [0.3, 0.4) is 0 Å². The van der Waals surface area contributed by atoms with Gasteiger partial charge < -0.3 is 5.11 Å². The van der Waals surface area contributed by atoms with Gasteiger partial charge in [-0.3, -0.25) is 0 Å². The molecule has 1 rings (SSSR count). The predicted molar refractivity (Wildman–Crippen MR) is 54.9 cm³/mol. The van der Waals surface area contributed by atoms with E-state index >= 15 is 0 Å². The van der Waals surface area contributed by atoms with Crippen molar-refractivity contribution in [2.45, 2.75) is 13.8 Å². The van der Waals surface area contributed by atoms with Crippen molar-refractivity contribution in [3.63, 3.8) is 0 Å². The quantitative estimate of drug-likeness (QED) is 0.629. The number of aliphatic hydroxyl groups is 1. The van der Waals surface area contributed by atoms with Gasteiger partial charge in [-0.2, -0.15) is 0 Å². The Morgan fingerprint density at radius 3 is 2.31 bits per heavy atom. The van der Waals surface area contributed by atoms with E-state index in [9.17, 15) is 0 Å². The van der Waals surface area contributed by atoms with Crippen LogP contribution in [0.25, 0.3) is 0 Å². The maximum Gasteiger partial charge on any atom is 0.104 e. The molecule has 0 aliphatic heterocycles. The highest BCUT2D eigenvalue weighted by Gasteiger charge is 2.00. The maximum absolute atomic E-state index is 8.56. The van der Waals surface area contributed by atoms with Gasteiger partial charge in [0.25, 0.3) is 0 Å². The maximum atomic E-state index is 8.56. The fourth-order valence-electron chi connectivity index (χ4n) is 1.24. The minimum absolute atomic E-state index is 0.110. The summed E-state index contributed by atoms with van der Waals surface area (Å²) in [6.45, 7) is 3.81. The zero-order valence-electron chi connectivity index (χ0n) is 7.69. The summed E-state index contributed by atoms with van der Waals surface area (Å²) in [5, 5.41) is 9.29. The molecule has 1 N–H and O–H groups in total. The van der Waals surface area contributed by atoms with E-state index in [0.29, 0.717) is 0 Å². The number of hydrogen-bond acceptors (Lipinski definition) is 1. The highest BCUT2D eigenvalue weighted by atomic mass is 35.5. The molecule has 0 saturated heterocycles. The first-order chi connectivity index (χ1) is 6.15. The normalized spacial score (nSPS) is 9.23. The van der Waals surface area contributed by atoms with Crippen LogP contribution in [0.2, 0.25) is 5.02 Å². The molecule has 2 heteroatoms. The second-order valence-corrected chi connectivity index (χ2v) is 3.31. The van der Waals surface area contributed by atoms with Crippen LogP contribution in [0.15, 0.2) is 12.1 Å². The van der Waals surface area contributed by atoms with E-state index in [1.165, 1.54) is 0 Å². The number of rotatable bonds is 0. The highest BCUT2D eigenvalue weighted by molar-refractivity contribution is 6.30. The molecular formula is C11H11ClO. The summed E-state index contributed by atoms with van der Waals surface area (Å²) in [6, 6.07) is 3.74. The van der Waals surface area contributed by atoms with Gasteiger partial charge in [-0.05, 0) is 37.1 Å². The molecule has 1 nitrogen and oxygen atoms in total. The SMILES string of the molecule is Cc1cc(Cl)cc(C)c1C#CCO. The molecule has 0 spiro atoms. The number of aryl methyl sites for hydroxylation is 2. The van der Waals surface area contributed by atoms with Gasteiger partial charge in [0.15, 0.2) is 0 Å². The van der Waals surface area contributed by atoms with E-state index in [0.717, 1.165) is 21.7 Å². The van der Waals surface area contributed by atoms with Gasteiger partial charge in [0, 0.05) is 10.6 Å². The summed E-state index contributed by atoms with van der Waals surface area (Å²) < 4.78 is 0. The fraction of sp³-hybridized carbons (Fsp3) is 0.273. The monoisotopic (exact) mass is 194 g/mol. The van der Waals surface area contributed by atoms with Crippen LogP contribution in [-0.2, 0) is 0 Å². The third-order valence-electron chi connectivity index (χ3n) is 1.79. The molecule has 0 atom stereocenters. The van der Waals surface area contributed by atoms with Crippen molar-refractivity contribution in [1.29, 1.82) is 0 Å². The van der Waals surface area contributed by atoms with E-state index in [1.54, 1.807) is 0 Å². The van der Waals surface area contributed by atoms with E-state index in [2.05, 4.69) is 11.8 Å². The number of hydrogen-bond donors (Lipinski definition) is 1. The van der Waals surface area contributed by atoms with Crippen molar-refractivity contribution in [3.8, 4) is 11.8 Å². The number of halogens is 1. The molecule has 0 amide bonds. The molecule has 0 heterocycles. The predicted octanol–water partition coefficient (Wildman–Crippen LogP) is 2.30. The molecule has 13 heavy (non-hydrogen) atoms. The topological polar surface area (TPSA) is 20.2 Å². The van der Waals surface area contributed by atoms with E-state index in [1.807, 2.05) is 26.0 Å². The lowest BCUT2D eigenvalue weighted by atomic mass is 10.0. The van der Waals surface area contributed by atoms with Gasteiger partial charge in [-0.1, -0.05) is 23.4 Å². The Kier molecular flexibility index (Phi) is 3.36. The Morgan fingerprint density at radius 2 is 1.85 bits per heavy atom. The van der Waals surface area contributed by atoms with E-state index in [-0.39, 0.29) is 6.61 Å². The van der Waals surface area contributed by atoms with Crippen molar-refractivity contribution in [2.24, 2.45) is 0 Å². The van der Waals surface area contributed by atoms with Gasteiger partial charge in [0.05, 0.1) is 0 Å². The van der Waals surface area contributed by atoms with Crippen LogP contribution >= 0.6 is 11.6 Å². The first kappa shape index (κ1) is 10.1. The molecule has 0 aliphatic carbocycles. The summed E-state index contributed by atoms with van der Waals surface area (Å²) in [6.07, 6.45) is 0. The highest BCUT2D eigenvalue weighted by Crippen LogP contribution is 2.18. The molecule has 1 aromatic rings. The summed E-state index contributed by atoms with van der Waals surface area (Å²) >= 11 is 5.86. The van der Waals surface area contributed by atoms with E-state index in [4.69, 9.17) is 16.7 Å². The molecule has 0 fully saturated rings. The van der Waals surface area contributed by atoms with Crippen LogP contribution < -0.4 is 0 Å². The van der Waals surface area contributed by atoms with Crippen molar-refractivity contribution in [3.05, 3.63) is 33.8 Å². The van der Waals surface area contributed by atoms with Crippen molar-refractivity contribution in [2.75, 3.05) is 6.61 Å². The summed E-state index contributed by atoms with van der Waals surface area (Å²) in [7, 11) is 0. The molecule has 1 aromatic carbocycles. The minimum atomic E-state index is -0.110. The largest absolute Gasteiger partial charge is 0.384 e. The average Bonchev–Trinajstić information content (AvgIpc) is 2.02. The fourth-order valence-corrected chi connectivity index (χ4v) is 1.56. The summed E-state index contributed by atoms with van der Waals surface area (Å²) in [5.41, 5.74) is 3.05. The molecule has 0 aliphatic rings. The lowest BCUT2D eigenvalue weighted by molar-refractivity contribution is 0.350. The third-order valence-corrected chi connectivity index (χ3v) is 2.01. The van der Waals surface area contributed by atoms with Gasteiger partial charge in [0.2, 0.25) is 0 Å². The standard InChI is InChI=1S/C11H11ClO/c1-8-6-10(12)7-9(2)11(8)4-3-5-13/h6-7,13H,5H2,1-2H3. The van der Waals surface area contributed by atoms with Crippen LogP contribution in [0.1, 0.15) is 16.7 Å². The van der Waals surface area contributed by atoms with Crippen molar-refractivity contribution in [1.82, 2.24) is 0 Å². The van der Waals surface area contributed by atoms with Gasteiger partial charge in [-0.15, -0.1) is 0 Å². The Hall–Kier alpha value is -0.970. The van der Waals surface area contributed by atoms with Gasteiger partial charge >= 0.3 is 0 Å². The first-order valence-electron chi connectivity index (χ1n) is 4.01. The second kappa shape index (κ2) is 4.32. The molecule has 0 saturated carbocycles. The zero-order valence-corrected chi connectivity index (χ0v) is 8.44. The minimum Gasteiger partial charge on any atom is -0.384 e. The lowest BCUT2D eigenvalue weighted by Crippen LogP contribution is -1.88. The van der Waals surface area contributed by atoms with Crippen molar-refractivity contribution >= 4 is 11.6 Å². The van der Waals surface area contributed by atoms with Crippen LogP contribution in [0.5, 0.6) is 0 Å². The Balaban J connectivity index is 3.21. The van der Waals surface area contributed by atoms with E-state index < -0.39 is 0 Å². The first-order valence-corrected chi connectivity index (χ1v) is 4.39. The third kappa shape index (κ3) is 2.48. The van der Waals surface area contributed by atoms with Crippen LogP contribution in [-0.4, -0.2) is 11.7 Å². The van der Waals surface area contributed by atoms with Crippen LogP contribution in [0, 0.1) is 25.7 Å². The molecule has 0 aromatic heterocycles. The molecular weight excluding hydrogens is 184 g/mol. The summed E-state index contributed by atoms with van der Waals surface area (Å²) in [4.78, 5) is 0. The van der Waals surface area contributed by atoms with Gasteiger partial charge in [0.1, 0.15) is 6.61 Å². The van der Waals surface area contributed by atoms with Crippen molar-refractivity contribution < 1.29 is 5.11 Å². The Labute approximate surface area is 83.4 Å². The van der Waals surface area contributed by atoms with Gasteiger partial charge in [-0.25, -0.2) is 0 Å². The zero-order chi connectivity index (χ0) is 9.84. The molecule has 0 radical (unpaired) electrons. The second-order valence-electron chi connectivity index (χ2n) is 2.87. The summed E-state index contributed by atoms with van der Waals surface area (Å²) in [5.74, 6) is 5.53. The number of aliphatic hydroxyl groups excluding tert-OH is 1.